The van der Waals surface area contributed by atoms with E-state index in [1.54, 1.807) is 41.6 Å². The number of piperazine rings is 1. The van der Waals surface area contributed by atoms with Gasteiger partial charge in [-0.15, -0.1) is 0 Å². The van der Waals surface area contributed by atoms with Gasteiger partial charge in [-0.25, -0.2) is 9.50 Å². The molecule has 228 valence electrons. The maximum absolute atomic E-state index is 13.6. The van der Waals surface area contributed by atoms with Crippen LogP contribution in [0.2, 0.25) is 0 Å². The Kier molecular flexibility index (Phi) is 7.72. The molecule has 44 heavy (non-hydrogen) atoms. The minimum atomic E-state index is -3.09. The molecule has 0 radical (unpaired) electrons. The minimum absolute atomic E-state index is 0.00751. The molecule has 1 aliphatic heterocycles. The van der Waals surface area contributed by atoms with Gasteiger partial charge in [0, 0.05) is 55.9 Å². The zero-order valence-electron chi connectivity index (χ0n) is 24.6. The van der Waals surface area contributed by atoms with Crippen molar-refractivity contribution in [3.05, 3.63) is 72.8 Å². The lowest BCUT2D eigenvalue weighted by molar-refractivity contribution is -0.134. The van der Waals surface area contributed by atoms with E-state index in [2.05, 4.69) is 46.2 Å². The van der Waals surface area contributed by atoms with Gasteiger partial charge in [-0.05, 0) is 49.7 Å². The Morgan fingerprint density at radius 1 is 1.05 bits per heavy atom. The predicted octanol–water partition coefficient (Wildman–Crippen LogP) is 4.54. The van der Waals surface area contributed by atoms with E-state index in [4.69, 9.17) is 4.74 Å². The van der Waals surface area contributed by atoms with E-state index < -0.39 is 12.5 Å². The Morgan fingerprint density at radius 3 is 2.48 bits per heavy atom. The SMILES string of the molecule is CC(C)(C)N1CCN(C(=O)Cn2cc(NC(=O)c3cnn4cccnc34)c(-c3cc4ccccc4cc3OC(F)F)n2)CC1. The summed E-state index contributed by atoms with van der Waals surface area (Å²) in [5, 5.41) is 13.1. The third kappa shape index (κ3) is 5.95. The number of nitrogens with zero attached hydrogens (tertiary/aromatic N) is 7. The first-order valence-electron chi connectivity index (χ1n) is 14.2. The number of nitrogens with one attached hydrogen (secondary N) is 1. The molecule has 0 unspecified atom stereocenters. The maximum Gasteiger partial charge on any atom is 0.387 e. The third-order valence-electron chi connectivity index (χ3n) is 7.73. The number of carbonyl (C=O) groups excluding carboxylic acids is 2. The van der Waals surface area contributed by atoms with E-state index >= 15 is 0 Å². The number of hydrogen-bond donors (Lipinski definition) is 1. The van der Waals surface area contributed by atoms with E-state index in [0.717, 1.165) is 18.5 Å². The van der Waals surface area contributed by atoms with Crippen LogP contribution in [0.5, 0.6) is 5.75 Å². The maximum atomic E-state index is 13.6. The van der Waals surface area contributed by atoms with Crippen molar-refractivity contribution >= 4 is 33.9 Å². The van der Waals surface area contributed by atoms with Crippen LogP contribution in [0.15, 0.2) is 67.3 Å². The van der Waals surface area contributed by atoms with Gasteiger partial charge in [-0.1, -0.05) is 24.3 Å². The fourth-order valence-corrected chi connectivity index (χ4v) is 5.43. The second-order valence-electron chi connectivity index (χ2n) is 11.6. The quantitative estimate of drug-likeness (QED) is 0.291. The normalized spacial score (nSPS) is 14.5. The smallest absolute Gasteiger partial charge is 0.387 e. The van der Waals surface area contributed by atoms with Gasteiger partial charge in [0.05, 0.1) is 11.9 Å². The summed E-state index contributed by atoms with van der Waals surface area (Å²) < 4.78 is 34.9. The summed E-state index contributed by atoms with van der Waals surface area (Å²) in [5.41, 5.74) is 1.19. The van der Waals surface area contributed by atoms with Gasteiger partial charge >= 0.3 is 6.61 Å². The van der Waals surface area contributed by atoms with E-state index in [-0.39, 0.29) is 46.2 Å². The topological polar surface area (TPSA) is 110 Å². The number of halogens is 2. The van der Waals surface area contributed by atoms with Crippen molar-refractivity contribution in [2.45, 2.75) is 39.5 Å². The van der Waals surface area contributed by atoms with Crippen LogP contribution in [-0.4, -0.2) is 84.3 Å². The zero-order valence-corrected chi connectivity index (χ0v) is 24.6. The lowest BCUT2D eigenvalue weighted by Crippen LogP contribution is -2.55. The van der Waals surface area contributed by atoms with Crippen LogP contribution in [0.4, 0.5) is 14.5 Å². The molecule has 0 saturated carbocycles. The Hall–Kier alpha value is -4.91. The number of aromatic nitrogens is 5. The molecule has 6 rings (SSSR count). The van der Waals surface area contributed by atoms with Gasteiger partial charge in [-0.2, -0.15) is 19.0 Å². The molecule has 0 atom stereocenters. The number of ether oxygens (including phenoxy) is 1. The molecular formula is C31H32F2N8O3. The monoisotopic (exact) mass is 602 g/mol. The number of hydrogen-bond acceptors (Lipinski definition) is 7. The summed E-state index contributed by atoms with van der Waals surface area (Å²) in [6.07, 6.45) is 6.13. The first kappa shape index (κ1) is 29.2. The first-order valence-corrected chi connectivity index (χ1v) is 14.2. The second-order valence-corrected chi connectivity index (χ2v) is 11.6. The van der Waals surface area contributed by atoms with E-state index in [1.165, 1.54) is 27.7 Å². The summed E-state index contributed by atoms with van der Waals surface area (Å²) in [6.45, 7) is 5.90. The van der Waals surface area contributed by atoms with Crippen molar-refractivity contribution in [1.82, 2.24) is 34.2 Å². The number of rotatable bonds is 7. The summed E-state index contributed by atoms with van der Waals surface area (Å²) in [6, 6.07) is 12.1. The van der Waals surface area contributed by atoms with Crippen molar-refractivity contribution in [2.75, 3.05) is 31.5 Å². The van der Waals surface area contributed by atoms with Gasteiger partial charge < -0.3 is 15.0 Å². The number of alkyl halides is 2. The van der Waals surface area contributed by atoms with Crippen molar-refractivity contribution in [2.24, 2.45) is 0 Å². The molecule has 5 aromatic rings. The van der Waals surface area contributed by atoms with Crippen molar-refractivity contribution in [3.63, 3.8) is 0 Å². The molecule has 0 spiro atoms. The van der Waals surface area contributed by atoms with Gasteiger partial charge in [0.15, 0.2) is 5.65 Å². The zero-order chi connectivity index (χ0) is 31.0. The van der Waals surface area contributed by atoms with Crippen molar-refractivity contribution in [1.29, 1.82) is 0 Å². The highest BCUT2D eigenvalue weighted by Crippen LogP contribution is 2.38. The Bertz CT molecular complexity index is 1840. The highest BCUT2D eigenvalue weighted by molar-refractivity contribution is 6.09. The molecule has 1 fully saturated rings. The number of carbonyl (C=O) groups is 2. The Balaban J connectivity index is 1.36. The second kappa shape index (κ2) is 11.6. The minimum Gasteiger partial charge on any atom is -0.434 e. The molecule has 13 heteroatoms. The number of fused-ring (bicyclic) bond motifs is 2. The fourth-order valence-electron chi connectivity index (χ4n) is 5.43. The highest BCUT2D eigenvalue weighted by Gasteiger charge is 2.29. The van der Waals surface area contributed by atoms with Crippen molar-refractivity contribution < 1.29 is 23.1 Å². The standard InChI is InChI=1S/C31H32F2N8O3/c1-31(2,3)39-13-11-38(12-14-39)26(42)19-40-18-24(36-29(43)23-17-35-41-10-6-9-34-28(23)41)27(37-40)22-15-20-7-4-5-8-21(20)16-25(22)44-30(32)33/h4-10,15-18,30H,11-14,19H2,1-3H3,(H,36,43). The van der Waals surface area contributed by atoms with E-state index in [9.17, 15) is 18.4 Å². The lowest BCUT2D eigenvalue weighted by Gasteiger charge is -2.42. The molecule has 2 amide bonds. The van der Waals surface area contributed by atoms with Crippen molar-refractivity contribution in [3.8, 4) is 17.0 Å². The summed E-state index contributed by atoms with van der Waals surface area (Å²) in [4.78, 5) is 35.2. The lowest BCUT2D eigenvalue weighted by atomic mass is 10.0. The van der Waals surface area contributed by atoms with Crippen LogP contribution in [0.1, 0.15) is 31.1 Å². The molecule has 11 nitrogen and oxygen atoms in total. The van der Waals surface area contributed by atoms with Crippen LogP contribution < -0.4 is 10.1 Å². The van der Waals surface area contributed by atoms with Crippen LogP contribution >= 0.6 is 0 Å². The van der Waals surface area contributed by atoms with Gasteiger partial charge in [0.2, 0.25) is 5.91 Å². The summed E-state index contributed by atoms with van der Waals surface area (Å²) in [7, 11) is 0. The van der Waals surface area contributed by atoms with Gasteiger partial charge in [-0.3, -0.25) is 19.2 Å². The largest absolute Gasteiger partial charge is 0.434 e. The van der Waals surface area contributed by atoms with Gasteiger partial charge in [0.25, 0.3) is 5.91 Å². The Morgan fingerprint density at radius 2 is 1.77 bits per heavy atom. The molecule has 1 saturated heterocycles. The number of anilines is 1. The molecule has 1 aliphatic rings. The summed E-state index contributed by atoms with van der Waals surface area (Å²) in [5.74, 6) is -0.775. The molecule has 3 aromatic heterocycles. The molecule has 1 N–H and O–H groups in total. The van der Waals surface area contributed by atoms with Gasteiger partial charge in [0.1, 0.15) is 23.6 Å². The Labute approximate surface area is 252 Å². The molecule has 4 heterocycles. The third-order valence-corrected chi connectivity index (χ3v) is 7.73. The number of benzene rings is 2. The van der Waals surface area contributed by atoms with E-state index in [1.807, 2.05) is 12.1 Å². The number of amides is 2. The molecule has 0 aliphatic carbocycles. The van der Waals surface area contributed by atoms with Crippen LogP contribution in [0, 0.1) is 0 Å². The average Bonchev–Trinajstić information content (AvgIpc) is 3.60. The molecule has 2 aromatic carbocycles. The van der Waals surface area contributed by atoms with Crippen LogP contribution in [0.3, 0.4) is 0 Å². The molecular weight excluding hydrogens is 570 g/mol. The van der Waals surface area contributed by atoms with E-state index in [0.29, 0.717) is 24.1 Å². The first-order chi connectivity index (χ1) is 21.1. The molecule has 0 bridgehead atoms. The fraction of sp³-hybridized carbons (Fsp3) is 0.323. The van der Waals surface area contributed by atoms with Crippen LogP contribution in [0.25, 0.3) is 27.7 Å². The van der Waals surface area contributed by atoms with Crippen LogP contribution in [-0.2, 0) is 11.3 Å². The predicted molar refractivity (Wildman–Crippen MR) is 161 cm³/mol. The highest BCUT2D eigenvalue weighted by atomic mass is 19.3. The average molecular weight is 603 g/mol. The summed E-state index contributed by atoms with van der Waals surface area (Å²) >= 11 is 0.